The number of rotatable bonds is 3. The molecular weight excluding hydrogens is 412 g/mol. The Hall–Kier alpha value is -3.25. The van der Waals surface area contributed by atoms with Gasteiger partial charge in [0.05, 0.1) is 21.9 Å². The SMILES string of the molecule is Cc1cc(-c2c(O)c3cc(-c4ccc(N5CCCC5)cc4)c(Cl)cc3[nH]c2=O)n(C)n1. The number of benzene rings is 2. The second kappa shape index (κ2) is 7.46. The normalized spacial score (nSPS) is 14.0. The molecule has 1 fully saturated rings. The molecule has 4 aromatic rings. The summed E-state index contributed by atoms with van der Waals surface area (Å²) in [5.74, 6) is -0.0756. The van der Waals surface area contributed by atoms with Gasteiger partial charge in [-0.1, -0.05) is 23.7 Å². The largest absolute Gasteiger partial charge is 0.506 e. The number of pyridine rings is 1. The Morgan fingerprint density at radius 3 is 2.45 bits per heavy atom. The van der Waals surface area contributed by atoms with E-state index >= 15 is 0 Å². The number of aromatic amines is 1. The first kappa shape index (κ1) is 19.7. The van der Waals surface area contributed by atoms with Gasteiger partial charge < -0.3 is 15.0 Å². The average Bonchev–Trinajstić information content (AvgIpc) is 3.38. The molecule has 0 atom stereocenters. The molecule has 1 saturated heterocycles. The number of nitrogens with one attached hydrogen (secondary N) is 1. The Morgan fingerprint density at radius 2 is 1.81 bits per heavy atom. The first-order valence-corrected chi connectivity index (χ1v) is 10.7. The van der Waals surface area contributed by atoms with Gasteiger partial charge in [0.25, 0.3) is 5.56 Å². The third-order valence-electron chi connectivity index (χ3n) is 5.98. The van der Waals surface area contributed by atoms with Crippen molar-refractivity contribution in [1.29, 1.82) is 0 Å². The van der Waals surface area contributed by atoms with Crippen LogP contribution in [0.1, 0.15) is 18.5 Å². The summed E-state index contributed by atoms with van der Waals surface area (Å²) in [6.07, 6.45) is 2.46. The lowest BCUT2D eigenvalue weighted by Crippen LogP contribution is -2.17. The van der Waals surface area contributed by atoms with Gasteiger partial charge in [0.1, 0.15) is 11.3 Å². The fourth-order valence-electron chi connectivity index (χ4n) is 4.43. The van der Waals surface area contributed by atoms with Gasteiger partial charge in [-0.15, -0.1) is 0 Å². The molecule has 0 radical (unpaired) electrons. The summed E-state index contributed by atoms with van der Waals surface area (Å²) in [4.78, 5) is 18.0. The number of hydrogen-bond acceptors (Lipinski definition) is 4. The van der Waals surface area contributed by atoms with Crippen molar-refractivity contribution in [1.82, 2.24) is 14.8 Å². The third-order valence-corrected chi connectivity index (χ3v) is 6.29. The van der Waals surface area contributed by atoms with Crippen LogP contribution in [0.4, 0.5) is 5.69 Å². The minimum Gasteiger partial charge on any atom is -0.506 e. The number of nitrogens with zero attached hydrogens (tertiary/aromatic N) is 3. The van der Waals surface area contributed by atoms with Crippen LogP contribution < -0.4 is 10.5 Å². The fourth-order valence-corrected chi connectivity index (χ4v) is 4.70. The number of halogens is 1. The number of hydrogen-bond donors (Lipinski definition) is 2. The topological polar surface area (TPSA) is 74.2 Å². The van der Waals surface area contributed by atoms with Crippen molar-refractivity contribution in [3.8, 4) is 28.1 Å². The molecule has 0 unspecified atom stereocenters. The number of anilines is 1. The van der Waals surface area contributed by atoms with Crippen LogP contribution in [0.15, 0.2) is 47.3 Å². The summed E-state index contributed by atoms with van der Waals surface area (Å²) in [6, 6.07) is 13.6. The second-order valence-corrected chi connectivity index (χ2v) is 8.50. The van der Waals surface area contributed by atoms with Crippen LogP contribution in [-0.4, -0.2) is 33.0 Å². The lowest BCUT2D eigenvalue weighted by molar-refractivity contribution is 0.482. The van der Waals surface area contributed by atoms with Crippen LogP contribution in [0.5, 0.6) is 5.75 Å². The first-order valence-electron chi connectivity index (χ1n) is 10.4. The highest BCUT2D eigenvalue weighted by Gasteiger charge is 2.19. The van der Waals surface area contributed by atoms with Crippen LogP contribution >= 0.6 is 11.6 Å². The van der Waals surface area contributed by atoms with Crippen LogP contribution in [-0.2, 0) is 7.05 Å². The molecule has 0 amide bonds. The van der Waals surface area contributed by atoms with Crippen molar-refractivity contribution in [2.75, 3.05) is 18.0 Å². The van der Waals surface area contributed by atoms with Crippen LogP contribution in [0.2, 0.25) is 5.02 Å². The molecule has 2 N–H and O–H groups in total. The van der Waals surface area contributed by atoms with Crippen molar-refractivity contribution in [3.63, 3.8) is 0 Å². The Balaban J connectivity index is 1.64. The van der Waals surface area contributed by atoms with Gasteiger partial charge in [0.15, 0.2) is 0 Å². The monoisotopic (exact) mass is 434 g/mol. The van der Waals surface area contributed by atoms with Crippen LogP contribution in [0, 0.1) is 6.92 Å². The zero-order valence-electron chi connectivity index (χ0n) is 17.4. The molecule has 5 rings (SSSR count). The fraction of sp³-hybridized carbons (Fsp3) is 0.250. The van der Waals surface area contributed by atoms with Gasteiger partial charge in [-0.25, -0.2) is 0 Å². The van der Waals surface area contributed by atoms with E-state index in [2.05, 4.69) is 39.2 Å². The van der Waals surface area contributed by atoms with Crippen LogP contribution in [0.3, 0.4) is 0 Å². The maximum absolute atomic E-state index is 12.7. The quantitative estimate of drug-likeness (QED) is 0.482. The molecule has 6 nitrogen and oxygen atoms in total. The minimum absolute atomic E-state index is 0.0756. The average molecular weight is 435 g/mol. The number of aromatic hydroxyl groups is 1. The van der Waals surface area contributed by atoms with E-state index in [0.717, 1.165) is 29.9 Å². The lowest BCUT2D eigenvalue weighted by atomic mass is 10.0. The van der Waals surface area contributed by atoms with Gasteiger partial charge >= 0.3 is 0 Å². The van der Waals surface area contributed by atoms with E-state index in [-0.39, 0.29) is 16.9 Å². The Morgan fingerprint density at radius 1 is 1.10 bits per heavy atom. The van der Waals surface area contributed by atoms with Crippen molar-refractivity contribution in [2.24, 2.45) is 7.05 Å². The maximum Gasteiger partial charge on any atom is 0.261 e. The molecule has 1 aliphatic rings. The molecule has 158 valence electrons. The Bertz CT molecular complexity index is 1350. The zero-order chi connectivity index (χ0) is 21.7. The summed E-state index contributed by atoms with van der Waals surface area (Å²) in [5.41, 5.74) is 4.61. The molecule has 0 spiro atoms. The van der Waals surface area contributed by atoms with Gasteiger partial charge in [-0.05, 0) is 55.7 Å². The van der Waals surface area contributed by atoms with Crippen LogP contribution in [0.25, 0.3) is 33.3 Å². The van der Waals surface area contributed by atoms with E-state index < -0.39 is 0 Å². The molecule has 31 heavy (non-hydrogen) atoms. The van der Waals surface area contributed by atoms with Gasteiger partial charge in [0.2, 0.25) is 0 Å². The molecular formula is C24H23ClN4O2. The summed E-state index contributed by atoms with van der Waals surface area (Å²) < 4.78 is 1.60. The van der Waals surface area contributed by atoms with E-state index in [4.69, 9.17) is 11.6 Å². The van der Waals surface area contributed by atoms with Crippen molar-refractivity contribution < 1.29 is 5.11 Å². The molecule has 0 saturated carbocycles. The highest BCUT2D eigenvalue weighted by atomic mass is 35.5. The van der Waals surface area contributed by atoms with E-state index in [1.54, 1.807) is 23.9 Å². The Kier molecular flexibility index (Phi) is 4.74. The number of fused-ring (bicyclic) bond motifs is 1. The molecule has 0 bridgehead atoms. The van der Waals surface area contributed by atoms with Crippen molar-refractivity contribution >= 4 is 28.2 Å². The minimum atomic E-state index is -0.383. The molecule has 3 heterocycles. The number of aryl methyl sites for hydroxylation is 2. The lowest BCUT2D eigenvalue weighted by Gasteiger charge is -2.18. The molecule has 0 aliphatic carbocycles. The highest BCUT2D eigenvalue weighted by Crippen LogP contribution is 2.38. The molecule has 2 aromatic carbocycles. The Labute approximate surface area is 184 Å². The standard InChI is InChI=1S/C24H23ClN4O2/c1-14-11-21(28(2)27-14)22-23(30)18-12-17(19(25)13-20(18)26-24(22)31)15-5-7-16(8-6-15)29-9-3-4-10-29/h5-8,11-13H,3-4,9-10H2,1-2H3,(H2,26,30,31). The second-order valence-electron chi connectivity index (χ2n) is 8.09. The summed E-state index contributed by atoms with van der Waals surface area (Å²) in [7, 11) is 1.75. The van der Waals surface area contributed by atoms with E-state index in [1.807, 2.05) is 13.0 Å². The first-order chi connectivity index (χ1) is 14.9. The van der Waals surface area contributed by atoms with E-state index in [1.165, 1.54) is 18.5 Å². The van der Waals surface area contributed by atoms with Gasteiger partial charge in [-0.2, -0.15) is 5.10 Å². The third kappa shape index (κ3) is 3.37. The van der Waals surface area contributed by atoms with Crippen molar-refractivity contribution in [3.05, 3.63) is 63.5 Å². The maximum atomic E-state index is 12.7. The van der Waals surface area contributed by atoms with Crippen molar-refractivity contribution in [2.45, 2.75) is 19.8 Å². The predicted octanol–water partition coefficient (Wildman–Crippen LogP) is 4.86. The summed E-state index contributed by atoms with van der Waals surface area (Å²) >= 11 is 6.57. The number of aromatic nitrogens is 3. The number of H-pyrrole nitrogens is 1. The smallest absolute Gasteiger partial charge is 0.261 e. The highest BCUT2D eigenvalue weighted by molar-refractivity contribution is 6.34. The zero-order valence-corrected chi connectivity index (χ0v) is 18.2. The summed E-state index contributed by atoms with van der Waals surface area (Å²) in [5, 5.41) is 16.4. The molecule has 2 aromatic heterocycles. The van der Waals surface area contributed by atoms with Gasteiger partial charge in [-0.3, -0.25) is 9.48 Å². The van der Waals surface area contributed by atoms with Gasteiger partial charge in [0, 0.05) is 36.8 Å². The van der Waals surface area contributed by atoms with E-state index in [9.17, 15) is 9.90 Å². The van der Waals surface area contributed by atoms with E-state index in [0.29, 0.717) is 21.6 Å². The molecule has 7 heteroatoms. The molecule has 1 aliphatic heterocycles. The summed E-state index contributed by atoms with van der Waals surface area (Å²) in [6.45, 7) is 4.03. The predicted molar refractivity (Wildman–Crippen MR) is 125 cm³/mol.